The summed E-state index contributed by atoms with van der Waals surface area (Å²) >= 11 is 0. The van der Waals surface area contributed by atoms with Gasteiger partial charge in [0.2, 0.25) is 0 Å². The molecule has 0 unspecified atom stereocenters. The molecule has 0 N–H and O–H groups in total. The van der Waals surface area contributed by atoms with E-state index >= 15 is 0 Å². The van der Waals surface area contributed by atoms with Crippen molar-refractivity contribution in [3.63, 3.8) is 0 Å². The number of hydrogen-bond acceptors (Lipinski definition) is 2. The van der Waals surface area contributed by atoms with Crippen molar-refractivity contribution in [1.29, 1.82) is 10.5 Å². The monoisotopic (exact) mass is 686 g/mol. The van der Waals surface area contributed by atoms with Crippen LogP contribution in [0.1, 0.15) is 11.1 Å². The molecule has 0 aliphatic carbocycles. The summed E-state index contributed by atoms with van der Waals surface area (Å²) in [6, 6.07) is 68.0. The Morgan fingerprint density at radius 2 is 0.741 bits per heavy atom. The van der Waals surface area contributed by atoms with Crippen LogP contribution < -0.4 is 0 Å². The van der Waals surface area contributed by atoms with E-state index in [4.69, 9.17) is 0 Å². The van der Waals surface area contributed by atoms with Crippen molar-refractivity contribution in [2.45, 2.75) is 0 Å². The largest absolute Gasteiger partial charge is 0.309 e. The third-order valence-corrected chi connectivity index (χ3v) is 10.6. The molecule has 54 heavy (non-hydrogen) atoms. The number of benzene rings is 8. The first-order chi connectivity index (χ1) is 26.7. The average Bonchev–Trinajstić information content (AvgIpc) is 3.77. The van der Waals surface area contributed by atoms with Crippen LogP contribution in [0.2, 0.25) is 0 Å². The molecule has 0 saturated heterocycles. The maximum Gasteiger partial charge on any atom is 0.0991 e. The highest BCUT2D eigenvalue weighted by atomic mass is 15.0. The van der Waals surface area contributed by atoms with Gasteiger partial charge in [0.05, 0.1) is 45.3 Å². The summed E-state index contributed by atoms with van der Waals surface area (Å²) in [6.07, 6.45) is 0. The Kier molecular flexibility index (Phi) is 7.22. The molecule has 0 aliphatic heterocycles. The van der Waals surface area contributed by atoms with Gasteiger partial charge >= 0.3 is 0 Å². The smallest absolute Gasteiger partial charge is 0.0991 e. The lowest BCUT2D eigenvalue weighted by atomic mass is 9.88. The normalized spacial score (nSPS) is 11.3. The molecule has 10 aromatic rings. The number of aromatic nitrogens is 2. The molecule has 0 radical (unpaired) electrons. The minimum Gasteiger partial charge on any atom is -0.309 e. The zero-order valence-corrected chi connectivity index (χ0v) is 29.1. The number of hydrogen-bond donors (Lipinski definition) is 0. The second-order valence-electron chi connectivity index (χ2n) is 13.5. The third-order valence-electron chi connectivity index (χ3n) is 10.6. The van der Waals surface area contributed by atoms with Gasteiger partial charge in [-0.25, -0.2) is 0 Å². The topological polar surface area (TPSA) is 57.4 Å². The van der Waals surface area contributed by atoms with Crippen LogP contribution in [0, 0.1) is 22.7 Å². The summed E-state index contributed by atoms with van der Waals surface area (Å²) in [5.74, 6) is 0. The number of nitriles is 2. The van der Waals surface area contributed by atoms with Crippen molar-refractivity contribution in [3.05, 3.63) is 193 Å². The van der Waals surface area contributed by atoms with Gasteiger partial charge in [0.25, 0.3) is 0 Å². The van der Waals surface area contributed by atoms with Gasteiger partial charge in [-0.05, 0) is 82.9 Å². The fourth-order valence-electron chi connectivity index (χ4n) is 8.30. The molecule has 8 aromatic carbocycles. The molecule has 2 aromatic heterocycles. The Morgan fingerprint density at radius 3 is 1.33 bits per heavy atom. The Labute approximate surface area is 312 Å². The zero-order valence-electron chi connectivity index (χ0n) is 29.1. The lowest BCUT2D eigenvalue weighted by Crippen LogP contribution is -1.97. The maximum absolute atomic E-state index is 9.85. The maximum atomic E-state index is 9.85. The average molecular weight is 687 g/mol. The molecule has 0 atom stereocenters. The second-order valence-corrected chi connectivity index (χ2v) is 13.5. The van der Waals surface area contributed by atoms with Gasteiger partial charge < -0.3 is 9.13 Å². The number of nitrogens with zero attached hydrogens (tertiary/aromatic N) is 4. The van der Waals surface area contributed by atoms with Crippen LogP contribution in [0.15, 0.2) is 182 Å². The summed E-state index contributed by atoms with van der Waals surface area (Å²) in [5.41, 5.74) is 14.5. The van der Waals surface area contributed by atoms with E-state index in [1.165, 1.54) is 10.8 Å². The summed E-state index contributed by atoms with van der Waals surface area (Å²) in [5, 5.41) is 23.9. The molecule has 0 bridgehead atoms. The van der Waals surface area contributed by atoms with Crippen molar-refractivity contribution in [2.24, 2.45) is 0 Å². The molecule has 4 nitrogen and oxygen atoms in total. The molecule has 10 rings (SSSR count). The van der Waals surface area contributed by atoms with Crippen LogP contribution in [0.25, 0.3) is 88.4 Å². The van der Waals surface area contributed by atoms with Gasteiger partial charge in [0.1, 0.15) is 0 Å². The number of fused-ring (bicyclic) bond motifs is 6. The van der Waals surface area contributed by atoms with E-state index in [0.717, 1.165) is 77.6 Å². The van der Waals surface area contributed by atoms with Crippen LogP contribution in [-0.2, 0) is 0 Å². The summed E-state index contributed by atoms with van der Waals surface area (Å²) in [6.45, 7) is 0. The van der Waals surface area contributed by atoms with Gasteiger partial charge in [-0.3, -0.25) is 0 Å². The fraction of sp³-hybridized carbons (Fsp3) is 0. The van der Waals surface area contributed by atoms with Crippen LogP contribution in [0.3, 0.4) is 0 Å². The molecule has 0 spiro atoms. The van der Waals surface area contributed by atoms with Crippen LogP contribution in [0.5, 0.6) is 0 Å². The predicted molar refractivity (Wildman–Crippen MR) is 221 cm³/mol. The summed E-state index contributed by atoms with van der Waals surface area (Å²) in [4.78, 5) is 0. The fourth-order valence-corrected chi connectivity index (χ4v) is 8.30. The first kappa shape index (κ1) is 31.1. The van der Waals surface area contributed by atoms with Crippen molar-refractivity contribution in [2.75, 3.05) is 0 Å². The molecule has 0 saturated carbocycles. The molecule has 0 amide bonds. The molecule has 2 heterocycles. The Balaban J connectivity index is 1.26. The Morgan fingerprint density at radius 1 is 0.315 bits per heavy atom. The van der Waals surface area contributed by atoms with E-state index in [-0.39, 0.29) is 0 Å². The lowest BCUT2D eigenvalue weighted by Gasteiger charge is -2.18. The van der Waals surface area contributed by atoms with Gasteiger partial charge in [-0.1, -0.05) is 121 Å². The minimum atomic E-state index is 0.633. The summed E-state index contributed by atoms with van der Waals surface area (Å²) in [7, 11) is 0. The van der Waals surface area contributed by atoms with Gasteiger partial charge in [-0.15, -0.1) is 0 Å². The van der Waals surface area contributed by atoms with E-state index in [0.29, 0.717) is 11.1 Å². The van der Waals surface area contributed by atoms with Crippen molar-refractivity contribution in [1.82, 2.24) is 9.13 Å². The molecule has 250 valence electrons. The first-order valence-corrected chi connectivity index (χ1v) is 18.0. The van der Waals surface area contributed by atoms with E-state index in [9.17, 15) is 10.5 Å². The van der Waals surface area contributed by atoms with E-state index in [1.54, 1.807) is 0 Å². The van der Waals surface area contributed by atoms with Crippen molar-refractivity contribution >= 4 is 43.6 Å². The van der Waals surface area contributed by atoms with E-state index in [1.807, 2.05) is 42.5 Å². The van der Waals surface area contributed by atoms with Gasteiger partial charge in [0.15, 0.2) is 0 Å². The number of para-hydroxylation sites is 4. The Hall–Kier alpha value is -7.66. The lowest BCUT2D eigenvalue weighted by molar-refractivity contribution is 1.18. The van der Waals surface area contributed by atoms with E-state index < -0.39 is 0 Å². The third kappa shape index (κ3) is 4.76. The summed E-state index contributed by atoms with van der Waals surface area (Å²) < 4.78 is 4.67. The van der Waals surface area contributed by atoms with Crippen LogP contribution in [0.4, 0.5) is 0 Å². The highest BCUT2D eigenvalue weighted by Gasteiger charge is 2.22. The minimum absolute atomic E-state index is 0.633. The molecular weight excluding hydrogens is 657 g/mol. The van der Waals surface area contributed by atoms with Crippen molar-refractivity contribution < 1.29 is 0 Å². The SMILES string of the molecule is N#Cc1ccc(-n2c3ccccc3c3cccc(-c4ccccc4-c4ccccc4-c4cccc5c6cc(C#N)ccc6n(-c6ccccc6)c45)c32)cc1. The standard InChI is InChI=1S/C50H30N4/c51-31-33-24-27-36(28-25-33)54-47-23-9-8-18-41(47)44-21-10-19-42(49(44)54)39-16-6-4-14-37(39)38-15-5-7-17-40(38)43-20-11-22-45-46-30-34(32-52)26-29-48(46)53(50(43)45)35-12-2-1-3-13-35/h1-30H. The highest BCUT2D eigenvalue weighted by molar-refractivity contribution is 6.17. The molecule has 0 aliphatic rings. The van der Waals surface area contributed by atoms with Crippen LogP contribution >= 0.6 is 0 Å². The Bertz CT molecular complexity index is 3170. The zero-order chi connectivity index (χ0) is 36.2. The van der Waals surface area contributed by atoms with E-state index in [2.05, 4.69) is 161 Å². The highest BCUT2D eigenvalue weighted by Crippen LogP contribution is 2.45. The quantitative estimate of drug-likeness (QED) is 0.181. The molecule has 4 heteroatoms. The van der Waals surface area contributed by atoms with Crippen LogP contribution in [-0.4, -0.2) is 9.13 Å². The molecule has 0 fully saturated rings. The van der Waals surface area contributed by atoms with Gasteiger partial charge in [0, 0.05) is 44.0 Å². The van der Waals surface area contributed by atoms with Gasteiger partial charge in [-0.2, -0.15) is 10.5 Å². The second kappa shape index (κ2) is 12.5. The first-order valence-electron chi connectivity index (χ1n) is 18.0. The molecular formula is C50H30N4. The number of rotatable bonds is 5. The predicted octanol–water partition coefficient (Wildman–Crippen LogP) is 12.6. The van der Waals surface area contributed by atoms with Crippen molar-refractivity contribution in [3.8, 4) is 56.9 Å².